The molecule has 2 heterocycles. The summed E-state index contributed by atoms with van der Waals surface area (Å²) in [5.74, 6) is 0. The molecule has 0 aliphatic rings. The van der Waals surface area contributed by atoms with Gasteiger partial charge in [-0.25, -0.2) is 0 Å². The van der Waals surface area contributed by atoms with Crippen LogP contribution in [0.15, 0.2) is 273 Å². The minimum absolute atomic E-state index is 0. The van der Waals surface area contributed by atoms with Crippen molar-refractivity contribution < 1.29 is 4.32 Å². The monoisotopic (exact) mass is 977 g/mol. The van der Waals surface area contributed by atoms with Gasteiger partial charge in [-0.1, -0.05) is 238 Å². The molecule has 1 nitrogen and oxygen atoms in total. The average Bonchev–Trinajstić information content (AvgIpc) is 4.03. The van der Waals surface area contributed by atoms with Gasteiger partial charge in [0.25, 0.3) is 0 Å². The normalized spacial score (nSPS) is 11.2. The first-order valence-corrected chi connectivity index (χ1v) is 25.8. The summed E-state index contributed by atoms with van der Waals surface area (Å²) in [7, 11) is 3.00. The molecule has 15 aromatic rings. The van der Waals surface area contributed by atoms with Crippen LogP contribution in [0.4, 0.5) is 4.32 Å². The molecule has 0 spiro atoms. The summed E-state index contributed by atoms with van der Waals surface area (Å²) in [5.41, 5.74) is 13.9. The zero-order valence-corrected chi connectivity index (χ0v) is 41.1. The van der Waals surface area contributed by atoms with Crippen LogP contribution < -0.4 is 0 Å². The van der Waals surface area contributed by atoms with Crippen LogP contribution in [0.5, 0.6) is 0 Å². The second-order valence-electron chi connectivity index (χ2n) is 18.6. The maximum absolute atomic E-state index is 9.00. The lowest BCUT2D eigenvalue weighted by Crippen LogP contribution is -1.94. The molecular weight excluding hydrogens is 929 g/mol. The SMILES string of the molecule is C.[B]F.c1ccc(-c2c3ccccc3c(-c3ccc(-n4c5ccccc5c5ccccc54)cc3)c3ccccc23)cc1.c1ccc(-c2c3ccccc3c(-c3ccc4sc5ccccc5c4c3)c3ccccc23)cc1. The average molecular weight is 978 g/mol. The van der Waals surface area contributed by atoms with E-state index in [1.54, 1.807) is 0 Å². The Morgan fingerprint density at radius 3 is 0.960 bits per heavy atom. The smallest absolute Gasteiger partial charge is 0.350 e. The van der Waals surface area contributed by atoms with Crippen molar-refractivity contribution in [1.29, 1.82) is 0 Å². The molecule has 75 heavy (non-hydrogen) atoms. The third-order valence-corrected chi connectivity index (χ3v) is 15.8. The van der Waals surface area contributed by atoms with E-state index in [-0.39, 0.29) is 7.43 Å². The molecule has 2 aromatic heterocycles. The Morgan fingerprint density at radius 1 is 0.253 bits per heavy atom. The van der Waals surface area contributed by atoms with Gasteiger partial charge in [-0.15, -0.1) is 11.3 Å². The van der Waals surface area contributed by atoms with Crippen LogP contribution in [-0.4, -0.2) is 12.7 Å². The van der Waals surface area contributed by atoms with E-state index >= 15 is 0 Å². The number of thiophene rings is 1. The predicted octanol–water partition coefficient (Wildman–Crippen LogP) is 20.8. The van der Waals surface area contributed by atoms with Crippen molar-refractivity contribution in [1.82, 2.24) is 4.57 Å². The Balaban J connectivity index is 0.000000147. The number of halogens is 1. The molecule has 354 valence electrons. The molecule has 0 atom stereocenters. The number of rotatable bonds is 5. The minimum Gasteiger partial charge on any atom is -0.350 e. The van der Waals surface area contributed by atoms with Gasteiger partial charge in [0.2, 0.25) is 0 Å². The molecule has 4 heteroatoms. The fourth-order valence-electron chi connectivity index (χ4n) is 11.6. The van der Waals surface area contributed by atoms with Gasteiger partial charge in [0, 0.05) is 36.6 Å². The quantitative estimate of drug-likeness (QED) is 0.120. The van der Waals surface area contributed by atoms with Crippen LogP contribution in [-0.2, 0) is 0 Å². The molecule has 0 aliphatic heterocycles. The van der Waals surface area contributed by atoms with Gasteiger partial charge in [-0.2, -0.15) is 0 Å². The third-order valence-electron chi connectivity index (χ3n) is 14.6. The lowest BCUT2D eigenvalue weighted by molar-refractivity contribution is 0.902. The van der Waals surface area contributed by atoms with Gasteiger partial charge in [0.15, 0.2) is 0 Å². The summed E-state index contributed by atoms with van der Waals surface area (Å²) < 4.78 is 14.1. The van der Waals surface area contributed by atoms with Crippen molar-refractivity contribution in [2.75, 3.05) is 0 Å². The fourth-order valence-corrected chi connectivity index (χ4v) is 12.7. The number of hydrogen-bond donors (Lipinski definition) is 0. The van der Waals surface area contributed by atoms with Crippen LogP contribution in [0.3, 0.4) is 0 Å². The van der Waals surface area contributed by atoms with Crippen molar-refractivity contribution in [2.45, 2.75) is 7.43 Å². The zero-order valence-electron chi connectivity index (χ0n) is 40.3. The zero-order chi connectivity index (χ0) is 49.5. The molecule has 0 unspecified atom stereocenters. The van der Waals surface area contributed by atoms with Crippen molar-refractivity contribution >= 4 is 105 Å². The third kappa shape index (κ3) is 8.03. The summed E-state index contributed by atoms with van der Waals surface area (Å²) in [6, 6.07) is 99.1. The van der Waals surface area contributed by atoms with Crippen molar-refractivity contribution in [2.24, 2.45) is 0 Å². The van der Waals surface area contributed by atoms with E-state index in [0.29, 0.717) is 0 Å². The molecule has 13 aromatic carbocycles. The molecule has 0 amide bonds. The van der Waals surface area contributed by atoms with Gasteiger partial charge in [-0.3, -0.25) is 0 Å². The van der Waals surface area contributed by atoms with Crippen molar-refractivity contribution in [3.8, 4) is 50.2 Å². The van der Waals surface area contributed by atoms with Crippen LogP contribution in [0, 0.1) is 0 Å². The molecule has 0 bridgehead atoms. The Labute approximate surface area is 441 Å². The Morgan fingerprint density at radius 2 is 0.547 bits per heavy atom. The molecular formula is C71H49BFNS. The predicted molar refractivity (Wildman–Crippen MR) is 325 cm³/mol. The van der Waals surface area contributed by atoms with Gasteiger partial charge in [0.1, 0.15) is 0 Å². The highest BCUT2D eigenvalue weighted by Gasteiger charge is 2.19. The van der Waals surface area contributed by atoms with E-state index in [1.165, 1.54) is 135 Å². The summed E-state index contributed by atoms with van der Waals surface area (Å²) in [6.07, 6.45) is 0. The second-order valence-corrected chi connectivity index (χ2v) is 19.7. The first-order valence-electron chi connectivity index (χ1n) is 25.0. The van der Waals surface area contributed by atoms with Crippen molar-refractivity contribution in [3.05, 3.63) is 273 Å². The number of fused-ring (bicyclic) bond motifs is 10. The molecule has 0 aliphatic carbocycles. The highest BCUT2D eigenvalue weighted by atomic mass is 32.1. The minimum atomic E-state index is 0. The first kappa shape index (κ1) is 47.0. The van der Waals surface area contributed by atoms with Crippen LogP contribution in [0.2, 0.25) is 0 Å². The van der Waals surface area contributed by atoms with Crippen molar-refractivity contribution in [3.63, 3.8) is 0 Å². The first-order chi connectivity index (χ1) is 36.8. The molecule has 0 saturated heterocycles. The largest absolute Gasteiger partial charge is 0.350 e. The molecule has 0 fully saturated rings. The maximum Gasteiger partial charge on any atom is 0.350 e. The number of benzene rings is 13. The van der Waals surface area contributed by atoms with E-state index in [4.69, 9.17) is 4.32 Å². The van der Waals surface area contributed by atoms with Gasteiger partial charge in [-0.05, 0) is 130 Å². The summed E-state index contributed by atoms with van der Waals surface area (Å²) in [6.45, 7) is 0. The number of hydrogen-bond acceptors (Lipinski definition) is 1. The van der Waals surface area contributed by atoms with Gasteiger partial charge < -0.3 is 8.88 Å². The Bertz CT molecular complexity index is 4390. The van der Waals surface area contributed by atoms with Crippen LogP contribution in [0.1, 0.15) is 7.43 Å². The van der Waals surface area contributed by atoms with Gasteiger partial charge in [0.05, 0.1) is 11.0 Å². The number of nitrogens with zero attached hydrogens (tertiary/aromatic N) is 1. The topological polar surface area (TPSA) is 4.93 Å². The lowest BCUT2D eigenvalue weighted by atomic mass is 9.86. The fraction of sp³-hybridized carbons (Fsp3) is 0.0141. The summed E-state index contributed by atoms with van der Waals surface area (Å²) in [4.78, 5) is 0. The van der Waals surface area contributed by atoms with E-state index < -0.39 is 0 Å². The molecule has 2 radical (unpaired) electrons. The van der Waals surface area contributed by atoms with Gasteiger partial charge >= 0.3 is 8.12 Å². The summed E-state index contributed by atoms with van der Waals surface area (Å²) in [5, 5.41) is 15.6. The van der Waals surface area contributed by atoms with E-state index in [2.05, 4.69) is 286 Å². The highest BCUT2D eigenvalue weighted by Crippen LogP contribution is 2.47. The summed E-state index contributed by atoms with van der Waals surface area (Å²) >= 11 is 1.87. The number of para-hydroxylation sites is 2. The maximum atomic E-state index is 9.00. The van der Waals surface area contributed by atoms with E-state index in [9.17, 15) is 0 Å². The molecule has 15 rings (SSSR count). The Hall–Kier alpha value is -9.09. The van der Waals surface area contributed by atoms with Crippen LogP contribution in [0.25, 0.3) is 135 Å². The lowest BCUT2D eigenvalue weighted by Gasteiger charge is -2.18. The molecule has 0 saturated carbocycles. The number of aromatic nitrogens is 1. The second kappa shape index (κ2) is 20.1. The highest BCUT2D eigenvalue weighted by molar-refractivity contribution is 7.25. The standard InChI is InChI=1S/C38H25N.C32H20S.CH4.BF/c1-2-12-26(13-3-1)37-31-16-4-6-18-33(31)38(34-19-7-5-17-32(34)37)27-22-24-28(25-23-27)39-35-20-10-8-14-29(35)30-15-9-11-21-36(30)39;1-2-10-21(11-3-1)31-24-13-4-6-15-26(24)32(27-16-7-5-14-25(27)31)22-18-19-30-28(20-22)23-12-8-9-17-29(23)33-30;;1-2/h1-25H;1-20H;1H4;. The molecule has 0 N–H and O–H groups in total. The van der Waals surface area contributed by atoms with E-state index in [1.807, 2.05) is 11.3 Å². The Kier molecular flexibility index (Phi) is 12.6. The van der Waals surface area contributed by atoms with Crippen LogP contribution >= 0.6 is 11.3 Å². The van der Waals surface area contributed by atoms with E-state index in [0.717, 1.165) is 0 Å².